The number of imidazole rings is 1. The number of aryl methyl sites for hydroxylation is 1. The van der Waals surface area contributed by atoms with Gasteiger partial charge in [0.2, 0.25) is 4.96 Å². The van der Waals surface area contributed by atoms with Gasteiger partial charge in [0, 0.05) is 16.2 Å². The molecule has 3 rings (SSSR count). The molecule has 0 spiro atoms. The van der Waals surface area contributed by atoms with E-state index in [0.717, 1.165) is 32.4 Å². The molecule has 1 aromatic carbocycles. The minimum Gasteiger partial charge on any atom is -0.392 e. The van der Waals surface area contributed by atoms with Gasteiger partial charge in [-0.25, -0.2) is 9.50 Å². The van der Waals surface area contributed by atoms with Gasteiger partial charge in [0.1, 0.15) is 10.6 Å². The number of thioether (sulfide) groups is 1. The van der Waals surface area contributed by atoms with Crippen LogP contribution in [0.25, 0.3) is 16.2 Å². The largest absolute Gasteiger partial charge is 0.392 e. The zero-order valence-corrected chi connectivity index (χ0v) is 17.8. The molecule has 3 N–H and O–H groups in total. The monoisotopic (exact) mass is 407 g/mol. The summed E-state index contributed by atoms with van der Waals surface area (Å²) < 4.78 is 1.77. The van der Waals surface area contributed by atoms with Crippen LogP contribution in [0.5, 0.6) is 0 Å². The number of benzene rings is 1. The molecule has 0 atom stereocenters. The van der Waals surface area contributed by atoms with Crippen molar-refractivity contribution < 1.29 is 15.3 Å². The summed E-state index contributed by atoms with van der Waals surface area (Å²) in [4.78, 5) is 6.25. The van der Waals surface area contributed by atoms with Gasteiger partial charge in [-0.1, -0.05) is 23.5 Å². The number of rotatable bonds is 6. The Kier molecular flexibility index (Phi) is 5.39. The van der Waals surface area contributed by atoms with Gasteiger partial charge < -0.3 is 15.3 Å². The smallest absolute Gasteiger partial charge is 0.213 e. The van der Waals surface area contributed by atoms with Gasteiger partial charge in [-0.05, 0) is 46.2 Å². The van der Waals surface area contributed by atoms with E-state index in [9.17, 15) is 15.3 Å². The van der Waals surface area contributed by atoms with Crippen molar-refractivity contribution in [2.75, 3.05) is 5.75 Å². The summed E-state index contributed by atoms with van der Waals surface area (Å²) in [6, 6.07) is 5.84. The molecule has 0 fully saturated rings. The summed E-state index contributed by atoms with van der Waals surface area (Å²) in [7, 11) is 0. The maximum Gasteiger partial charge on any atom is 0.213 e. The first kappa shape index (κ1) is 20.3. The Hall–Kier alpha value is -1.45. The van der Waals surface area contributed by atoms with Gasteiger partial charge >= 0.3 is 0 Å². The number of fused-ring (bicyclic) bond motifs is 1. The van der Waals surface area contributed by atoms with E-state index in [1.807, 2.05) is 25.1 Å². The lowest BCUT2D eigenvalue weighted by molar-refractivity contribution is 0.0773. The molecule has 8 heteroatoms. The maximum atomic E-state index is 10.2. The van der Waals surface area contributed by atoms with Crippen LogP contribution in [0.15, 0.2) is 23.1 Å². The van der Waals surface area contributed by atoms with E-state index in [2.05, 4.69) is 10.1 Å². The Labute approximate surface area is 166 Å². The SMILES string of the molecule is Cc1nc2sc(C(C)(C)O)nn2c1-c1ccc(CO)c(SCC(C)(C)O)c1. The third kappa shape index (κ3) is 4.35. The van der Waals surface area contributed by atoms with Crippen LogP contribution >= 0.6 is 23.1 Å². The first-order chi connectivity index (χ1) is 12.5. The van der Waals surface area contributed by atoms with Gasteiger partial charge in [-0.2, -0.15) is 5.10 Å². The van der Waals surface area contributed by atoms with Crippen LogP contribution in [0.2, 0.25) is 0 Å². The summed E-state index contributed by atoms with van der Waals surface area (Å²) in [6.45, 7) is 8.82. The molecule has 0 saturated carbocycles. The zero-order chi connectivity index (χ0) is 20.0. The highest BCUT2D eigenvalue weighted by molar-refractivity contribution is 7.99. The number of aliphatic hydroxyl groups is 3. The molecule has 6 nitrogen and oxygen atoms in total. The number of hydrogen-bond acceptors (Lipinski definition) is 7. The van der Waals surface area contributed by atoms with Crippen molar-refractivity contribution in [3.05, 3.63) is 34.5 Å². The van der Waals surface area contributed by atoms with Crippen LogP contribution in [0.4, 0.5) is 0 Å². The van der Waals surface area contributed by atoms with Gasteiger partial charge in [-0.3, -0.25) is 0 Å². The molecule has 0 bridgehead atoms. The summed E-state index contributed by atoms with van der Waals surface area (Å²) >= 11 is 2.89. The molecule has 0 aliphatic heterocycles. The normalized spacial score (nSPS) is 12.9. The minimum atomic E-state index is -1.02. The molecular formula is C19H25N3O3S2. The predicted molar refractivity (Wildman–Crippen MR) is 109 cm³/mol. The van der Waals surface area contributed by atoms with E-state index < -0.39 is 11.2 Å². The van der Waals surface area contributed by atoms with E-state index in [1.54, 1.807) is 32.2 Å². The number of aliphatic hydroxyl groups excluding tert-OH is 1. The van der Waals surface area contributed by atoms with E-state index >= 15 is 0 Å². The summed E-state index contributed by atoms with van der Waals surface area (Å²) in [5.74, 6) is 0.518. The summed E-state index contributed by atoms with van der Waals surface area (Å²) in [6.07, 6.45) is 0. The van der Waals surface area contributed by atoms with Crippen LogP contribution in [0.1, 0.15) is 44.0 Å². The quantitative estimate of drug-likeness (QED) is 0.543. The van der Waals surface area contributed by atoms with E-state index in [1.165, 1.54) is 23.1 Å². The fourth-order valence-corrected chi connectivity index (χ4v) is 4.63. The minimum absolute atomic E-state index is 0.0607. The molecule has 0 aliphatic carbocycles. The zero-order valence-electron chi connectivity index (χ0n) is 16.1. The topological polar surface area (TPSA) is 90.9 Å². The lowest BCUT2D eigenvalue weighted by Crippen LogP contribution is -2.21. The Morgan fingerprint density at radius 2 is 1.89 bits per heavy atom. The fourth-order valence-electron chi connectivity index (χ4n) is 2.65. The Balaban J connectivity index is 2.08. The molecule has 146 valence electrons. The van der Waals surface area contributed by atoms with E-state index in [4.69, 9.17) is 0 Å². The molecule has 0 saturated heterocycles. The highest BCUT2D eigenvalue weighted by Crippen LogP contribution is 2.34. The lowest BCUT2D eigenvalue weighted by atomic mass is 10.1. The second kappa shape index (κ2) is 7.18. The predicted octanol–water partition coefficient (Wildman–Crippen LogP) is 3.35. The highest BCUT2D eigenvalue weighted by atomic mass is 32.2. The number of aromatic nitrogens is 3. The van der Waals surface area contributed by atoms with Crippen LogP contribution < -0.4 is 0 Å². The summed E-state index contributed by atoms with van der Waals surface area (Å²) in [5.41, 5.74) is 1.65. The molecule has 0 amide bonds. The van der Waals surface area contributed by atoms with E-state index in [0.29, 0.717) is 10.8 Å². The average Bonchev–Trinajstić information content (AvgIpc) is 3.08. The van der Waals surface area contributed by atoms with Crippen molar-refractivity contribution in [1.82, 2.24) is 14.6 Å². The third-order valence-corrected chi connectivity index (χ3v) is 6.76. The highest BCUT2D eigenvalue weighted by Gasteiger charge is 2.25. The third-order valence-electron chi connectivity index (χ3n) is 3.99. The standard InChI is InChI=1S/C19H25N3O3S2/c1-11-15(22-17(20-11)27-16(21-22)19(4,5)25)12-6-7-13(9-23)14(8-12)26-10-18(2,3)24/h6-8,23-25H,9-10H2,1-5H3. The van der Waals surface area contributed by atoms with Crippen LogP contribution in [-0.4, -0.2) is 41.3 Å². The first-order valence-corrected chi connectivity index (χ1v) is 10.5. The van der Waals surface area contributed by atoms with Gasteiger partial charge in [0.25, 0.3) is 0 Å². The molecule has 0 radical (unpaired) electrons. The average molecular weight is 408 g/mol. The maximum absolute atomic E-state index is 10.2. The molecule has 0 unspecified atom stereocenters. The van der Waals surface area contributed by atoms with Crippen molar-refractivity contribution in [1.29, 1.82) is 0 Å². The van der Waals surface area contributed by atoms with Crippen molar-refractivity contribution in [3.8, 4) is 11.3 Å². The van der Waals surface area contributed by atoms with E-state index in [-0.39, 0.29) is 6.61 Å². The second-order valence-electron chi connectivity index (χ2n) is 7.79. The molecule has 0 aliphatic rings. The molecule has 27 heavy (non-hydrogen) atoms. The van der Waals surface area contributed by atoms with Gasteiger partial charge in [0.15, 0.2) is 0 Å². The van der Waals surface area contributed by atoms with Crippen molar-refractivity contribution in [2.45, 2.75) is 57.3 Å². The van der Waals surface area contributed by atoms with Crippen molar-refractivity contribution >= 4 is 28.1 Å². The van der Waals surface area contributed by atoms with Crippen LogP contribution in [0.3, 0.4) is 0 Å². The van der Waals surface area contributed by atoms with Crippen LogP contribution in [0, 0.1) is 6.92 Å². The van der Waals surface area contributed by atoms with Crippen molar-refractivity contribution in [2.24, 2.45) is 0 Å². The Morgan fingerprint density at radius 1 is 1.19 bits per heavy atom. The fraction of sp³-hybridized carbons (Fsp3) is 0.474. The summed E-state index contributed by atoms with van der Waals surface area (Å²) in [5, 5.41) is 35.1. The van der Waals surface area contributed by atoms with Gasteiger partial charge in [-0.15, -0.1) is 11.8 Å². The van der Waals surface area contributed by atoms with Crippen molar-refractivity contribution in [3.63, 3.8) is 0 Å². The number of hydrogen-bond donors (Lipinski definition) is 3. The molecule has 2 heterocycles. The molecular weight excluding hydrogens is 382 g/mol. The van der Waals surface area contributed by atoms with Crippen LogP contribution in [-0.2, 0) is 12.2 Å². The van der Waals surface area contributed by atoms with Gasteiger partial charge in [0.05, 0.1) is 23.6 Å². The first-order valence-electron chi connectivity index (χ1n) is 8.68. The Bertz CT molecular complexity index is 965. The molecule has 3 aromatic rings. The Morgan fingerprint density at radius 3 is 2.48 bits per heavy atom. The molecule has 2 aromatic heterocycles. The number of nitrogens with zero attached hydrogens (tertiary/aromatic N) is 3. The second-order valence-corrected chi connectivity index (χ2v) is 9.76. The lowest BCUT2D eigenvalue weighted by Gasteiger charge is -2.18.